The van der Waals surface area contributed by atoms with Gasteiger partial charge in [0.1, 0.15) is 0 Å². The van der Waals surface area contributed by atoms with Crippen molar-refractivity contribution in [2.75, 3.05) is 14.2 Å². The molecular weight excluding hydrogens is 280 g/mol. The van der Waals surface area contributed by atoms with Gasteiger partial charge in [-0.05, 0) is 24.0 Å². The van der Waals surface area contributed by atoms with Gasteiger partial charge in [0.25, 0.3) is 0 Å². The van der Waals surface area contributed by atoms with Crippen LogP contribution in [0.15, 0.2) is 36.4 Å². The summed E-state index contributed by atoms with van der Waals surface area (Å²) in [6, 6.07) is 9.75. The highest BCUT2D eigenvalue weighted by Gasteiger charge is 2.20. The Morgan fingerprint density at radius 2 is 1.68 bits per heavy atom. The van der Waals surface area contributed by atoms with Gasteiger partial charge in [-0.25, -0.2) is 0 Å². The van der Waals surface area contributed by atoms with Crippen LogP contribution in [0.1, 0.15) is 32.3 Å². The minimum absolute atomic E-state index is 0.257. The number of carbonyl (C=O) groups is 2. The van der Waals surface area contributed by atoms with Crippen molar-refractivity contribution in [2.45, 2.75) is 26.7 Å². The van der Waals surface area contributed by atoms with Crippen LogP contribution in [-0.4, -0.2) is 26.2 Å². The molecule has 0 heterocycles. The molecule has 2 unspecified atom stereocenters. The number of methoxy groups -OCH3 is 2. The fourth-order valence-corrected chi connectivity index (χ4v) is 2.30. The van der Waals surface area contributed by atoms with E-state index in [1.165, 1.54) is 14.2 Å². The molecule has 0 amide bonds. The molecule has 0 saturated carbocycles. The highest BCUT2D eigenvalue weighted by Crippen LogP contribution is 2.26. The Labute approximate surface area is 132 Å². The minimum Gasteiger partial charge on any atom is -0.469 e. The Bertz CT molecular complexity index is 519. The van der Waals surface area contributed by atoms with Crippen molar-refractivity contribution >= 4 is 17.5 Å². The average Bonchev–Trinajstić information content (AvgIpc) is 2.57. The first-order valence-electron chi connectivity index (χ1n) is 7.45. The van der Waals surface area contributed by atoms with E-state index < -0.39 is 0 Å². The van der Waals surface area contributed by atoms with Crippen molar-refractivity contribution in [2.24, 2.45) is 11.8 Å². The molecule has 4 nitrogen and oxygen atoms in total. The molecule has 4 heteroatoms. The van der Waals surface area contributed by atoms with Crippen LogP contribution >= 0.6 is 0 Å². The number of esters is 2. The standard InChI is InChI=1S/C18H24O4/c1-5-14(18(20)22-4)12-16(11-13(2)17(19)21-3)15-9-7-6-8-10-15/h6-10,12-14H,5,11H2,1-4H3/b16-12-. The summed E-state index contributed by atoms with van der Waals surface area (Å²) in [4.78, 5) is 23.5. The minimum atomic E-state index is -0.315. The van der Waals surface area contributed by atoms with Crippen LogP contribution in [0.3, 0.4) is 0 Å². The lowest BCUT2D eigenvalue weighted by molar-refractivity contribution is -0.144. The lowest BCUT2D eigenvalue weighted by Gasteiger charge is -2.16. The third-order valence-corrected chi connectivity index (χ3v) is 3.62. The van der Waals surface area contributed by atoms with Crippen molar-refractivity contribution in [3.05, 3.63) is 42.0 Å². The fraction of sp³-hybridized carbons (Fsp3) is 0.444. The summed E-state index contributed by atoms with van der Waals surface area (Å²) in [5.41, 5.74) is 1.95. The maximum absolute atomic E-state index is 11.8. The third-order valence-electron chi connectivity index (χ3n) is 3.62. The van der Waals surface area contributed by atoms with Crippen LogP contribution in [0, 0.1) is 11.8 Å². The molecular formula is C18H24O4. The highest BCUT2D eigenvalue weighted by atomic mass is 16.5. The molecule has 0 radical (unpaired) electrons. The van der Waals surface area contributed by atoms with Gasteiger partial charge in [-0.1, -0.05) is 50.3 Å². The summed E-state index contributed by atoms with van der Waals surface area (Å²) in [6.45, 7) is 3.76. The Balaban J connectivity index is 3.11. The summed E-state index contributed by atoms with van der Waals surface area (Å²) in [5, 5.41) is 0. The van der Waals surface area contributed by atoms with Crippen molar-refractivity contribution in [1.29, 1.82) is 0 Å². The molecule has 0 aliphatic carbocycles. The number of allylic oxidation sites excluding steroid dienone is 1. The van der Waals surface area contributed by atoms with Gasteiger partial charge in [-0.3, -0.25) is 9.59 Å². The molecule has 0 bridgehead atoms. The second-order valence-corrected chi connectivity index (χ2v) is 5.22. The smallest absolute Gasteiger partial charge is 0.312 e. The molecule has 0 aromatic heterocycles. The summed E-state index contributed by atoms with van der Waals surface area (Å²) < 4.78 is 9.63. The molecule has 1 rings (SSSR count). The van der Waals surface area contributed by atoms with Gasteiger partial charge in [-0.15, -0.1) is 0 Å². The monoisotopic (exact) mass is 304 g/mol. The number of hydrogen-bond donors (Lipinski definition) is 0. The van der Waals surface area contributed by atoms with Crippen molar-refractivity contribution in [3.8, 4) is 0 Å². The fourth-order valence-electron chi connectivity index (χ4n) is 2.30. The van der Waals surface area contributed by atoms with Gasteiger partial charge >= 0.3 is 11.9 Å². The molecule has 0 N–H and O–H groups in total. The Kier molecular flexibility index (Phi) is 7.37. The van der Waals surface area contributed by atoms with E-state index in [4.69, 9.17) is 9.47 Å². The number of carbonyl (C=O) groups excluding carboxylic acids is 2. The first-order chi connectivity index (χ1) is 10.5. The van der Waals surface area contributed by atoms with Crippen molar-refractivity contribution in [1.82, 2.24) is 0 Å². The Morgan fingerprint density at radius 1 is 1.09 bits per heavy atom. The summed E-state index contributed by atoms with van der Waals surface area (Å²) in [6.07, 6.45) is 3.07. The zero-order chi connectivity index (χ0) is 16.5. The molecule has 2 atom stereocenters. The van der Waals surface area contributed by atoms with Crippen molar-refractivity contribution < 1.29 is 19.1 Å². The first-order valence-corrected chi connectivity index (χ1v) is 7.45. The zero-order valence-electron chi connectivity index (χ0n) is 13.7. The number of rotatable bonds is 7. The van der Waals surface area contributed by atoms with E-state index in [2.05, 4.69) is 0 Å². The predicted octanol–water partition coefficient (Wildman–Crippen LogP) is 3.47. The highest BCUT2D eigenvalue weighted by molar-refractivity contribution is 5.80. The van der Waals surface area contributed by atoms with Crippen LogP contribution in [0.4, 0.5) is 0 Å². The molecule has 0 saturated heterocycles. The van der Waals surface area contributed by atoms with E-state index in [-0.39, 0.29) is 23.8 Å². The van der Waals surface area contributed by atoms with Crippen LogP contribution < -0.4 is 0 Å². The number of ether oxygens (including phenoxy) is 2. The van der Waals surface area contributed by atoms with E-state index in [1.54, 1.807) is 0 Å². The average molecular weight is 304 g/mol. The molecule has 22 heavy (non-hydrogen) atoms. The van der Waals surface area contributed by atoms with Crippen molar-refractivity contribution in [3.63, 3.8) is 0 Å². The number of hydrogen-bond acceptors (Lipinski definition) is 4. The predicted molar refractivity (Wildman–Crippen MR) is 86.0 cm³/mol. The normalized spacial score (nSPS) is 14.1. The zero-order valence-corrected chi connectivity index (χ0v) is 13.7. The van der Waals surface area contributed by atoms with E-state index in [0.717, 1.165) is 11.1 Å². The van der Waals surface area contributed by atoms with Gasteiger partial charge in [0.2, 0.25) is 0 Å². The Morgan fingerprint density at radius 3 is 2.18 bits per heavy atom. The van der Waals surface area contributed by atoms with Gasteiger partial charge in [0, 0.05) is 0 Å². The van der Waals surface area contributed by atoms with E-state index in [0.29, 0.717) is 12.8 Å². The van der Waals surface area contributed by atoms with Crippen LogP contribution in [0.5, 0.6) is 0 Å². The topological polar surface area (TPSA) is 52.6 Å². The second kappa shape index (κ2) is 9.03. The number of benzene rings is 1. The lowest BCUT2D eigenvalue weighted by Crippen LogP contribution is -2.16. The molecule has 120 valence electrons. The Hall–Kier alpha value is -2.10. The lowest BCUT2D eigenvalue weighted by atomic mass is 9.91. The van der Waals surface area contributed by atoms with Crippen LogP contribution in [0.25, 0.3) is 5.57 Å². The molecule has 0 aliphatic rings. The summed E-state index contributed by atoms with van der Waals surface area (Å²) in [7, 11) is 2.77. The third kappa shape index (κ3) is 5.02. The maximum atomic E-state index is 11.8. The van der Waals surface area contributed by atoms with E-state index >= 15 is 0 Å². The molecule has 0 aliphatic heterocycles. The molecule has 0 fully saturated rings. The quantitative estimate of drug-likeness (QED) is 0.724. The van der Waals surface area contributed by atoms with Crippen LogP contribution in [0.2, 0.25) is 0 Å². The molecule has 1 aromatic rings. The summed E-state index contributed by atoms with van der Waals surface area (Å²) in [5.74, 6) is -1.11. The van der Waals surface area contributed by atoms with Crippen LogP contribution in [-0.2, 0) is 19.1 Å². The molecule has 1 aromatic carbocycles. The first kappa shape index (κ1) is 18.0. The second-order valence-electron chi connectivity index (χ2n) is 5.22. The van der Waals surface area contributed by atoms with Gasteiger partial charge in [0.05, 0.1) is 26.1 Å². The van der Waals surface area contributed by atoms with Gasteiger partial charge < -0.3 is 9.47 Å². The van der Waals surface area contributed by atoms with Gasteiger partial charge in [0.15, 0.2) is 0 Å². The van der Waals surface area contributed by atoms with E-state index in [1.807, 2.05) is 50.3 Å². The SMILES string of the molecule is CCC(/C=C(/CC(C)C(=O)OC)c1ccccc1)C(=O)OC. The molecule has 0 spiro atoms. The largest absolute Gasteiger partial charge is 0.469 e. The maximum Gasteiger partial charge on any atom is 0.312 e. The van der Waals surface area contributed by atoms with Gasteiger partial charge in [-0.2, -0.15) is 0 Å². The summed E-state index contributed by atoms with van der Waals surface area (Å²) >= 11 is 0. The van der Waals surface area contributed by atoms with E-state index in [9.17, 15) is 9.59 Å².